The summed E-state index contributed by atoms with van der Waals surface area (Å²) in [5.41, 5.74) is 7.53. The maximum Gasteiger partial charge on any atom is 0.177 e. The van der Waals surface area contributed by atoms with Gasteiger partial charge in [0.1, 0.15) is 13.2 Å². The average Bonchev–Trinajstić information content (AvgIpc) is 2.77. The van der Waals surface area contributed by atoms with Crippen molar-refractivity contribution >= 4 is 50.8 Å². The van der Waals surface area contributed by atoms with Crippen molar-refractivity contribution in [2.75, 3.05) is 30.5 Å². The van der Waals surface area contributed by atoms with Gasteiger partial charge in [0.05, 0.1) is 22.1 Å². The minimum absolute atomic E-state index is 0.541. The van der Waals surface area contributed by atoms with Crippen molar-refractivity contribution in [2.45, 2.75) is 13.8 Å². The Morgan fingerprint density at radius 3 is 2.16 bits per heavy atom. The standard InChI is InChI=1S/C24H22N4O2S/c1-14-4-6-17(10-15(14)2)28(3)24(31)25-16-5-7-18-19(11-16)27-21-13-23-22(12-20(21)26-18)29-8-9-30-23/h4-7,10-13H,8-9H2,1-3H3,(H,25,31). The van der Waals surface area contributed by atoms with E-state index in [2.05, 4.69) is 37.4 Å². The fourth-order valence-corrected chi connectivity index (χ4v) is 3.77. The third-order valence-electron chi connectivity index (χ3n) is 5.53. The smallest absolute Gasteiger partial charge is 0.177 e. The van der Waals surface area contributed by atoms with Crippen LogP contribution >= 0.6 is 12.2 Å². The van der Waals surface area contributed by atoms with Crippen LogP contribution < -0.4 is 19.7 Å². The van der Waals surface area contributed by atoms with E-state index >= 15 is 0 Å². The summed E-state index contributed by atoms with van der Waals surface area (Å²) in [6, 6.07) is 15.9. The molecule has 0 aliphatic carbocycles. The quantitative estimate of drug-likeness (QED) is 0.355. The van der Waals surface area contributed by atoms with Crippen LogP contribution in [0.25, 0.3) is 22.1 Å². The molecule has 0 spiro atoms. The summed E-state index contributed by atoms with van der Waals surface area (Å²) in [7, 11) is 1.96. The maximum atomic E-state index is 5.68. The Morgan fingerprint density at radius 1 is 0.839 bits per heavy atom. The van der Waals surface area contributed by atoms with E-state index in [4.69, 9.17) is 31.7 Å². The van der Waals surface area contributed by atoms with E-state index in [1.54, 1.807) is 0 Å². The molecular formula is C24H22N4O2S. The summed E-state index contributed by atoms with van der Waals surface area (Å²) in [5, 5.41) is 3.92. The zero-order valence-electron chi connectivity index (χ0n) is 17.6. The first-order valence-corrected chi connectivity index (χ1v) is 10.5. The van der Waals surface area contributed by atoms with Crippen molar-refractivity contribution in [3.8, 4) is 11.5 Å². The summed E-state index contributed by atoms with van der Waals surface area (Å²) in [5.74, 6) is 1.42. The van der Waals surface area contributed by atoms with Crippen LogP contribution in [0.15, 0.2) is 48.5 Å². The number of fused-ring (bicyclic) bond motifs is 3. The first-order valence-electron chi connectivity index (χ1n) is 10.1. The van der Waals surface area contributed by atoms with Gasteiger partial charge >= 0.3 is 0 Å². The Hall–Kier alpha value is -3.45. The fourth-order valence-electron chi connectivity index (χ4n) is 3.55. The van der Waals surface area contributed by atoms with E-state index in [-0.39, 0.29) is 0 Å². The van der Waals surface area contributed by atoms with Crippen molar-refractivity contribution in [3.63, 3.8) is 0 Å². The molecule has 1 aliphatic heterocycles. The normalized spacial score (nSPS) is 12.7. The highest BCUT2D eigenvalue weighted by atomic mass is 32.1. The second-order valence-corrected chi connectivity index (χ2v) is 8.06. The molecule has 6 nitrogen and oxygen atoms in total. The van der Waals surface area contributed by atoms with Gasteiger partial charge in [-0.15, -0.1) is 0 Å². The van der Waals surface area contributed by atoms with E-state index in [1.165, 1.54) is 11.1 Å². The summed E-state index contributed by atoms with van der Waals surface area (Å²) < 4.78 is 11.3. The van der Waals surface area contributed by atoms with Gasteiger partial charge in [-0.1, -0.05) is 6.07 Å². The first kappa shape index (κ1) is 19.5. The predicted molar refractivity (Wildman–Crippen MR) is 129 cm³/mol. The number of benzene rings is 3. The molecule has 156 valence electrons. The SMILES string of the molecule is Cc1ccc(N(C)C(=S)Nc2ccc3nc4cc5c(cc4nc3c2)OCCO5)cc1C. The number of anilines is 2. The van der Waals surface area contributed by atoms with E-state index in [0.29, 0.717) is 29.8 Å². The Kier molecular flexibility index (Phi) is 4.82. The predicted octanol–water partition coefficient (Wildman–Crippen LogP) is 5.00. The van der Waals surface area contributed by atoms with Crippen molar-refractivity contribution in [1.82, 2.24) is 9.97 Å². The number of rotatable bonds is 2. The Morgan fingerprint density at radius 2 is 1.48 bits per heavy atom. The molecule has 1 aromatic heterocycles. The van der Waals surface area contributed by atoms with Gasteiger partial charge in [-0.2, -0.15) is 0 Å². The van der Waals surface area contributed by atoms with Gasteiger partial charge in [-0.05, 0) is 67.5 Å². The van der Waals surface area contributed by atoms with Crippen LogP contribution in [0.4, 0.5) is 11.4 Å². The number of aryl methyl sites for hydroxylation is 2. The number of aromatic nitrogens is 2. The van der Waals surface area contributed by atoms with Crippen LogP contribution in [0.2, 0.25) is 0 Å². The number of thiocarbonyl (C=S) groups is 1. The molecule has 2 heterocycles. The summed E-state index contributed by atoms with van der Waals surface area (Å²) >= 11 is 5.63. The van der Waals surface area contributed by atoms with Gasteiger partial charge in [0.25, 0.3) is 0 Å². The highest BCUT2D eigenvalue weighted by Gasteiger charge is 2.15. The van der Waals surface area contributed by atoms with E-state index in [1.807, 2.05) is 42.3 Å². The molecule has 0 atom stereocenters. The lowest BCUT2D eigenvalue weighted by molar-refractivity contribution is 0.172. The van der Waals surface area contributed by atoms with E-state index < -0.39 is 0 Å². The van der Waals surface area contributed by atoms with E-state index in [9.17, 15) is 0 Å². The van der Waals surface area contributed by atoms with Gasteiger partial charge in [0.2, 0.25) is 0 Å². The zero-order chi connectivity index (χ0) is 21.5. The maximum absolute atomic E-state index is 5.68. The molecule has 0 unspecified atom stereocenters. The van der Waals surface area contributed by atoms with Gasteiger partial charge < -0.3 is 19.7 Å². The zero-order valence-corrected chi connectivity index (χ0v) is 18.4. The van der Waals surface area contributed by atoms with Crippen LogP contribution in [-0.2, 0) is 0 Å². The molecule has 0 bridgehead atoms. The molecule has 3 aromatic carbocycles. The molecule has 31 heavy (non-hydrogen) atoms. The van der Waals surface area contributed by atoms with Crippen LogP contribution in [0, 0.1) is 13.8 Å². The third kappa shape index (κ3) is 3.72. The lowest BCUT2D eigenvalue weighted by Gasteiger charge is -2.22. The number of hydrogen-bond donors (Lipinski definition) is 1. The van der Waals surface area contributed by atoms with Gasteiger partial charge in [-0.3, -0.25) is 0 Å². The number of hydrogen-bond acceptors (Lipinski definition) is 5. The highest BCUT2D eigenvalue weighted by Crippen LogP contribution is 2.34. The largest absolute Gasteiger partial charge is 0.486 e. The molecule has 0 saturated carbocycles. The number of nitrogens with one attached hydrogen (secondary N) is 1. The molecule has 1 aliphatic rings. The van der Waals surface area contributed by atoms with Crippen LogP contribution in [-0.4, -0.2) is 35.3 Å². The van der Waals surface area contributed by atoms with Crippen molar-refractivity contribution in [1.29, 1.82) is 0 Å². The molecule has 0 amide bonds. The molecule has 4 aromatic rings. The summed E-state index contributed by atoms with van der Waals surface area (Å²) in [4.78, 5) is 11.5. The monoisotopic (exact) mass is 430 g/mol. The second kappa shape index (κ2) is 7.67. The van der Waals surface area contributed by atoms with Gasteiger partial charge in [0.15, 0.2) is 16.6 Å². The van der Waals surface area contributed by atoms with Gasteiger partial charge in [-0.25, -0.2) is 9.97 Å². The molecule has 7 heteroatoms. The molecule has 1 N–H and O–H groups in total. The lowest BCUT2D eigenvalue weighted by atomic mass is 10.1. The summed E-state index contributed by atoms with van der Waals surface area (Å²) in [6.07, 6.45) is 0. The summed E-state index contributed by atoms with van der Waals surface area (Å²) in [6.45, 7) is 5.29. The Bertz CT molecular complexity index is 1340. The van der Waals surface area contributed by atoms with Crippen molar-refractivity contribution in [3.05, 3.63) is 59.7 Å². The minimum Gasteiger partial charge on any atom is -0.486 e. The minimum atomic E-state index is 0.541. The van der Waals surface area contributed by atoms with Crippen LogP contribution in [0.1, 0.15) is 11.1 Å². The lowest BCUT2D eigenvalue weighted by Crippen LogP contribution is -2.30. The van der Waals surface area contributed by atoms with Crippen molar-refractivity contribution in [2.24, 2.45) is 0 Å². The first-order chi connectivity index (χ1) is 15.0. The number of ether oxygens (including phenoxy) is 2. The molecule has 5 rings (SSSR count). The molecule has 0 radical (unpaired) electrons. The Balaban J connectivity index is 1.43. The average molecular weight is 431 g/mol. The highest BCUT2D eigenvalue weighted by molar-refractivity contribution is 7.80. The van der Waals surface area contributed by atoms with Crippen LogP contribution in [0.3, 0.4) is 0 Å². The molecule has 0 saturated heterocycles. The third-order valence-corrected chi connectivity index (χ3v) is 5.91. The van der Waals surface area contributed by atoms with Crippen LogP contribution in [0.5, 0.6) is 11.5 Å². The molecule has 0 fully saturated rings. The second-order valence-electron chi connectivity index (χ2n) is 7.67. The van der Waals surface area contributed by atoms with E-state index in [0.717, 1.165) is 33.4 Å². The number of nitrogens with zero attached hydrogens (tertiary/aromatic N) is 3. The Labute approximate surface area is 185 Å². The topological polar surface area (TPSA) is 59.5 Å². The fraction of sp³-hybridized carbons (Fsp3) is 0.208. The molecular weight excluding hydrogens is 408 g/mol. The van der Waals surface area contributed by atoms with Crippen molar-refractivity contribution < 1.29 is 9.47 Å². The van der Waals surface area contributed by atoms with Gasteiger partial charge in [0, 0.05) is 30.6 Å².